The molecule has 0 amide bonds. The van der Waals surface area contributed by atoms with Crippen molar-refractivity contribution in [3.05, 3.63) is 46.0 Å². The van der Waals surface area contributed by atoms with Crippen molar-refractivity contribution in [2.75, 3.05) is 0 Å². The van der Waals surface area contributed by atoms with Crippen molar-refractivity contribution in [1.82, 2.24) is 4.90 Å². The van der Waals surface area contributed by atoms with Crippen LogP contribution in [0, 0.1) is 6.92 Å². The molecule has 2 heterocycles. The zero-order valence-electron chi connectivity index (χ0n) is 12.8. The Labute approximate surface area is 130 Å². The molecular weight excluding hydrogens is 280 g/mol. The van der Waals surface area contributed by atoms with Gasteiger partial charge in [-0.05, 0) is 49.8 Å². The summed E-state index contributed by atoms with van der Waals surface area (Å²) in [6.07, 6.45) is 3.51. The average molecular weight is 304 g/mol. The van der Waals surface area contributed by atoms with Gasteiger partial charge in [-0.1, -0.05) is 13.0 Å². The molecular formula is C17H24N2OS. The fraction of sp³-hybridized carbons (Fsp3) is 0.529. The normalized spacial score (nSPS) is 18.1. The largest absolute Gasteiger partial charge is 0.465 e. The molecule has 1 fully saturated rings. The maximum atomic E-state index is 6.46. The molecule has 2 aromatic rings. The van der Waals surface area contributed by atoms with Gasteiger partial charge in [0.25, 0.3) is 0 Å². The van der Waals surface area contributed by atoms with Crippen molar-refractivity contribution < 1.29 is 4.42 Å². The highest BCUT2D eigenvalue weighted by Crippen LogP contribution is 2.38. The molecule has 21 heavy (non-hydrogen) atoms. The lowest BCUT2D eigenvalue weighted by Crippen LogP contribution is -2.41. The molecule has 0 aliphatic heterocycles. The van der Waals surface area contributed by atoms with Gasteiger partial charge < -0.3 is 10.2 Å². The summed E-state index contributed by atoms with van der Waals surface area (Å²) in [6, 6.07) is 9.41. The van der Waals surface area contributed by atoms with Crippen molar-refractivity contribution in [2.45, 2.75) is 57.8 Å². The maximum Gasteiger partial charge on any atom is 0.122 e. The Morgan fingerprint density at radius 1 is 1.38 bits per heavy atom. The molecule has 1 aliphatic carbocycles. The molecule has 0 bridgehead atoms. The topological polar surface area (TPSA) is 42.4 Å². The number of nitrogens with zero attached hydrogens (tertiary/aromatic N) is 1. The van der Waals surface area contributed by atoms with Gasteiger partial charge in [-0.3, -0.25) is 4.90 Å². The fourth-order valence-electron chi connectivity index (χ4n) is 2.90. The fourth-order valence-corrected chi connectivity index (χ4v) is 3.61. The highest BCUT2D eigenvalue weighted by atomic mass is 32.1. The van der Waals surface area contributed by atoms with Gasteiger partial charge in [0.05, 0.1) is 6.04 Å². The Kier molecular flexibility index (Phi) is 4.48. The summed E-state index contributed by atoms with van der Waals surface area (Å²) in [5.74, 6) is 1.98. The Morgan fingerprint density at radius 2 is 2.19 bits per heavy atom. The van der Waals surface area contributed by atoms with E-state index in [9.17, 15) is 0 Å². The predicted molar refractivity (Wildman–Crippen MR) is 87.3 cm³/mol. The van der Waals surface area contributed by atoms with E-state index in [1.807, 2.05) is 24.3 Å². The zero-order chi connectivity index (χ0) is 14.8. The first-order valence-corrected chi connectivity index (χ1v) is 8.67. The summed E-state index contributed by atoms with van der Waals surface area (Å²) >= 11 is 1.82. The first-order valence-electron chi connectivity index (χ1n) is 7.79. The van der Waals surface area contributed by atoms with E-state index in [1.165, 1.54) is 17.7 Å². The number of nitrogens with two attached hydrogens (primary N) is 1. The van der Waals surface area contributed by atoms with E-state index in [4.69, 9.17) is 10.2 Å². The van der Waals surface area contributed by atoms with Crippen molar-refractivity contribution in [1.29, 1.82) is 0 Å². The Bertz CT molecular complexity index is 559. The van der Waals surface area contributed by atoms with E-state index in [1.54, 1.807) is 0 Å². The quantitative estimate of drug-likeness (QED) is 0.837. The van der Waals surface area contributed by atoms with Crippen LogP contribution >= 0.6 is 11.3 Å². The van der Waals surface area contributed by atoms with Gasteiger partial charge in [-0.2, -0.15) is 0 Å². The number of aryl methyl sites for hydroxylation is 1. The number of hydrogen-bond acceptors (Lipinski definition) is 4. The van der Waals surface area contributed by atoms with Crippen LogP contribution in [-0.2, 0) is 6.54 Å². The first-order chi connectivity index (χ1) is 10.2. The van der Waals surface area contributed by atoms with E-state index in [2.05, 4.69) is 35.4 Å². The lowest BCUT2D eigenvalue weighted by Gasteiger charge is -2.34. The van der Waals surface area contributed by atoms with E-state index in [-0.39, 0.29) is 12.1 Å². The number of hydrogen-bond donors (Lipinski definition) is 1. The van der Waals surface area contributed by atoms with E-state index >= 15 is 0 Å². The van der Waals surface area contributed by atoms with E-state index in [0.29, 0.717) is 6.04 Å². The molecule has 2 unspecified atom stereocenters. The zero-order valence-corrected chi connectivity index (χ0v) is 13.6. The lowest BCUT2D eigenvalue weighted by atomic mass is 10.0. The van der Waals surface area contributed by atoms with Crippen LogP contribution < -0.4 is 5.73 Å². The van der Waals surface area contributed by atoms with Crippen molar-refractivity contribution >= 4 is 11.3 Å². The summed E-state index contributed by atoms with van der Waals surface area (Å²) in [4.78, 5) is 3.96. The van der Waals surface area contributed by atoms with E-state index in [0.717, 1.165) is 24.5 Å². The Hall–Kier alpha value is -1.10. The van der Waals surface area contributed by atoms with Crippen LogP contribution in [0.3, 0.4) is 0 Å². The van der Waals surface area contributed by atoms with Crippen LogP contribution in [0.1, 0.15) is 48.6 Å². The number of thiophene rings is 1. The van der Waals surface area contributed by atoms with Gasteiger partial charge in [0.15, 0.2) is 0 Å². The van der Waals surface area contributed by atoms with Crippen LogP contribution in [0.25, 0.3) is 0 Å². The molecule has 1 aliphatic rings. The van der Waals surface area contributed by atoms with Crippen LogP contribution in [0.2, 0.25) is 0 Å². The summed E-state index contributed by atoms with van der Waals surface area (Å²) in [6.45, 7) is 5.13. The van der Waals surface area contributed by atoms with Crippen molar-refractivity contribution in [2.24, 2.45) is 5.73 Å². The molecule has 0 saturated heterocycles. The number of rotatable bonds is 7. The summed E-state index contributed by atoms with van der Waals surface area (Å²) in [5, 5.41) is 2.15. The van der Waals surface area contributed by atoms with Gasteiger partial charge in [0, 0.05) is 23.5 Å². The van der Waals surface area contributed by atoms with Crippen LogP contribution in [0.5, 0.6) is 0 Å². The molecule has 0 radical (unpaired) electrons. The highest BCUT2D eigenvalue weighted by Gasteiger charge is 2.38. The summed E-state index contributed by atoms with van der Waals surface area (Å²) < 4.78 is 5.93. The second-order valence-electron chi connectivity index (χ2n) is 5.95. The standard InChI is InChI=1S/C17H24N2OS/c1-3-15(18)17(16-9-6-12(2)20-16)19(13-7-8-13)11-14-5-4-10-21-14/h4-6,9-10,13,15,17H,3,7-8,11,18H2,1-2H3. The smallest absolute Gasteiger partial charge is 0.122 e. The van der Waals surface area contributed by atoms with Gasteiger partial charge in [-0.15, -0.1) is 11.3 Å². The number of furan rings is 1. The second-order valence-corrected chi connectivity index (χ2v) is 6.98. The second kappa shape index (κ2) is 6.34. The molecule has 0 aromatic carbocycles. The summed E-state index contributed by atoms with van der Waals surface area (Å²) in [7, 11) is 0. The molecule has 2 atom stereocenters. The molecule has 4 heteroatoms. The maximum absolute atomic E-state index is 6.46. The minimum atomic E-state index is 0.108. The molecule has 3 nitrogen and oxygen atoms in total. The minimum Gasteiger partial charge on any atom is -0.465 e. The minimum absolute atomic E-state index is 0.108. The Balaban J connectivity index is 1.88. The van der Waals surface area contributed by atoms with Crippen molar-refractivity contribution in [3.8, 4) is 0 Å². The van der Waals surface area contributed by atoms with Crippen LogP contribution in [0.15, 0.2) is 34.1 Å². The van der Waals surface area contributed by atoms with Gasteiger partial charge in [0.1, 0.15) is 11.5 Å². The van der Waals surface area contributed by atoms with Gasteiger partial charge in [-0.25, -0.2) is 0 Å². The Morgan fingerprint density at radius 3 is 2.71 bits per heavy atom. The van der Waals surface area contributed by atoms with Crippen molar-refractivity contribution in [3.63, 3.8) is 0 Å². The van der Waals surface area contributed by atoms with Gasteiger partial charge in [0.2, 0.25) is 0 Å². The molecule has 2 N–H and O–H groups in total. The molecule has 114 valence electrons. The average Bonchev–Trinajstić information content (AvgIpc) is 3.03. The molecule has 0 spiro atoms. The highest BCUT2D eigenvalue weighted by molar-refractivity contribution is 7.09. The molecule has 1 saturated carbocycles. The van der Waals surface area contributed by atoms with Crippen LogP contribution in [0.4, 0.5) is 0 Å². The lowest BCUT2D eigenvalue weighted by molar-refractivity contribution is 0.131. The molecule has 3 rings (SSSR count). The van der Waals surface area contributed by atoms with Gasteiger partial charge >= 0.3 is 0 Å². The summed E-state index contributed by atoms with van der Waals surface area (Å²) in [5.41, 5.74) is 6.46. The third-order valence-corrected chi connectivity index (χ3v) is 5.08. The predicted octanol–water partition coefficient (Wildman–Crippen LogP) is 4.09. The van der Waals surface area contributed by atoms with Crippen LogP contribution in [-0.4, -0.2) is 17.0 Å². The SMILES string of the molecule is CCC(N)C(c1ccc(C)o1)N(Cc1cccs1)C1CC1. The first kappa shape index (κ1) is 14.8. The van der Waals surface area contributed by atoms with E-state index < -0.39 is 0 Å². The monoisotopic (exact) mass is 304 g/mol. The molecule has 2 aromatic heterocycles. The third-order valence-electron chi connectivity index (χ3n) is 4.22. The third kappa shape index (κ3) is 3.39.